The molecule has 2 heterocycles. The van der Waals surface area contributed by atoms with E-state index >= 15 is 0 Å². The SMILES string of the molecule is Cc1nc(N)nc(NCCc2nccn2C)c1[N+](=O)[O-]. The van der Waals surface area contributed by atoms with Gasteiger partial charge in [0.2, 0.25) is 11.8 Å². The van der Waals surface area contributed by atoms with Crippen LogP contribution in [0, 0.1) is 17.0 Å². The zero-order chi connectivity index (χ0) is 14.7. The predicted molar refractivity (Wildman–Crippen MR) is 73.2 cm³/mol. The predicted octanol–water partition coefficient (Wildman–Crippen LogP) is 0.664. The van der Waals surface area contributed by atoms with E-state index in [0.29, 0.717) is 13.0 Å². The molecule has 9 nitrogen and oxygen atoms in total. The quantitative estimate of drug-likeness (QED) is 0.607. The first-order valence-electron chi connectivity index (χ1n) is 5.97. The number of imidazole rings is 1. The summed E-state index contributed by atoms with van der Waals surface area (Å²) in [5, 5.41) is 13.9. The highest BCUT2D eigenvalue weighted by atomic mass is 16.6. The Balaban J connectivity index is 2.13. The molecular formula is C11H15N7O2. The molecule has 3 N–H and O–H groups in total. The summed E-state index contributed by atoms with van der Waals surface area (Å²) in [6.45, 7) is 1.99. The van der Waals surface area contributed by atoms with Crippen molar-refractivity contribution >= 4 is 17.5 Å². The Hall–Kier alpha value is -2.71. The molecule has 2 aromatic heterocycles. The maximum Gasteiger partial charge on any atom is 0.332 e. The van der Waals surface area contributed by atoms with Gasteiger partial charge in [-0.05, 0) is 6.92 Å². The monoisotopic (exact) mass is 277 g/mol. The molecular weight excluding hydrogens is 262 g/mol. The van der Waals surface area contributed by atoms with Crippen molar-refractivity contribution in [3.05, 3.63) is 34.0 Å². The lowest BCUT2D eigenvalue weighted by Gasteiger charge is -2.08. The second-order valence-corrected chi connectivity index (χ2v) is 4.25. The summed E-state index contributed by atoms with van der Waals surface area (Å²) >= 11 is 0. The standard InChI is InChI=1S/C11H15N7O2/c1-7-9(18(19)20)10(16-11(12)15-7)14-4-3-8-13-5-6-17(8)2/h5-6H,3-4H2,1-2H3,(H3,12,14,15,16). The van der Waals surface area contributed by atoms with Gasteiger partial charge in [0.15, 0.2) is 0 Å². The number of nitrogens with two attached hydrogens (primary N) is 1. The third-order valence-corrected chi connectivity index (χ3v) is 2.82. The van der Waals surface area contributed by atoms with Crippen molar-refractivity contribution in [1.82, 2.24) is 19.5 Å². The van der Waals surface area contributed by atoms with Crippen LogP contribution < -0.4 is 11.1 Å². The molecule has 0 unspecified atom stereocenters. The Morgan fingerprint density at radius 2 is 2.25 bits per heavy atom. The maximum absolute atomic E-state index is 11.0. The lowest BCUT2D eigenvalue weighted by Crippen LogP contribution is -2.13. The van der Waals surface area contributed by atoms with E-state index in [4.69, 9.17) is 5.73 Å². The Labute approximate surface area is 115 Å². The van der Waals surface area contributed by atoms with Crippen molar-refractivity contribution in [3.63, 3.8) is 0 Å². The lowest BCUT2D eigenvalue weighted by atomic mass is 10.3. The molecule has 0 aliphatic rings. The fraction of sp³-hybridized carbons (Fsp3) is 0.364. The minimum absolute atomic E-state index is 0.00703. The summed E-state index contributed by atoms with van der Waals surface area (Å²) in [5.74, 6) is 1.01. The summed E-state index contributed by atoms with van der Waals surface area (Å²) in [7, 11) is 1.89. The zero-order valence-electron chi connectivity index (χ0n) is 11.2. The average molecular weight is 277 g/mol. The summed E-state index contributed by atoms with van der Waals surface area (Å²) in [6, 6.07) is 0. The van der Waals surface area contributed by atoms with E-state index in [-0.39, 0.29) is 23.1 Å². The van der Waals surface area contributed by atoms with E-state index in [0.717, 1.165) is 5.82 Å². The number of nitrogens with one attached hydrogen (secondary N) is 1. The molecule has 0 aromatic carbocycles. The first-order chi connectivity index (χ1) is 9.49. The molecule has 0 amide bonds. The van der Waals surface area contributed by atoms with Gasteiger partial charge >= 0.3 is 5.69 Å². The van der Waals surface area contributed by atoms with Crippen LogP contribution in [0.3, 0.4) is 0 Å². The van der Waals surface area contributed by atoms with Gasteiger partial charge in [0.05, 0.1) is 4.92 Å². The van der Waals surface area contributed by atoms with E-state index in [9.17, 15) is 10.1 Å². The number of hydrogen-bond acceptors (Lipinski definition) is 7. The summed E-state index contributed by atoms with van der Waals surface area (Å²) in [5.41, 5.74) is 5.60. The van der Waals surface area contributed by atoms with Crippen LogP contribution in [0.1, 0.15) is 11.5 Å². The van der Waals surface area contributed by atoms with Crippen LogP contribution in [-0.2, 0) is 13.5 Å². The normalized spacial score (nSPS) is 10.5. The highest BCUT2D eigenvalue weighted by Gasteiger charge is 2.21. The summed E-state index contributed by atoms with van der Waals surface area (Å²) in [6.07, 6.45) is 4.15. The number of nitrogen functional groups attached to an aromatic ring is 1. The minimum atomic E-state index is -0.516. The van der Waals surface area contributed by atoms with Crippen LogP contribution in [0.15, 0.2) is 12.4 Å². The molecule has 0 bridgehead atoms. The smallest absolute Gasteiger partial charge is 0.332 e. The van der Waals surface area contributed by atoms with Crippen molar-refractivity contribution in [3.8, 4) is 0 Å². The van der Waals surface area contributed by atoms with E-state index in [1.165, 1.54) is 6.92 Å². The van der Waals surface area contributed by atoms with Gasteiger partial charge in [-0.1, -0.05) is 0 Å². The van der Waals surface area contributed by atoms with Gasteiger partial charge in [-0.2, -0.15) is 4.98 Å². The molecule has 0 aliphatic carbocycles. The number of hydrogen-bond donors (Lipinski definition) is 2. The van der Waals surface area contributed by atoms with Crippen molar-refractivity contribution in [2.75, 3.05) is 17.6 Å². The highest BCUT2D eigenvalue weighted by molar-refractivity contribution is 5.60. The number of nitro groups is 1. The number of aromatic nitrogens is 4. The minimum Gasteiger partial charge on any atom is -0.368 e. The molecule has 0 spiro atoms. The molecule has 0 atom stereocenters. The molecule has 2 rings (SSSR count). The van der Waals surface area contributed by atoms with Crippen LogP contribution in [0.2, 0.25) is 0 Å². The molecule has 106 valence electrons. The van der Waals surface area contributed by atoms with E-state index in [1.807, 2.05) is 17.8 Å². The molecule has 2 aromatic rings. The molecule has 20 heavy (non-hydrogen) atoms. The second kappa shape index (κ2) is 5.51. The fourth-order valence-corrected chi connectivity index (χ4v) is 1.86. The first-order valence-corrected chi connectivity index (χ1v) is 5.97. The van der Waals surface area contributed by atoms with Crippen molar-refractivity contribution in [1.29, 1.82) is 0 Å². The van der Waals surface area contributed by atoms with E-state index < -0.39 is 4.92 Å². The topological polar surface area (TPSA) is 125 Å². The van der Waals surface area contributed by atoms with Gasteiger partial charge in [0, 0.05) is 32.4 Å². The highest BCUT2D eigenvalue weighted by Crippen LogP contribution is 2.25. The van der Waals surface area contributed by atoms with Crippen LogP contribution in [0.25, 0.3) is 0 Å². The zero-order valence-corrected chi connectivity index (χ0v) is 11.2. The van der Waals surface area contributed by atoms with Gasteiger partial charge < -0.3 is 15.6 Å². The number of nitrogens with zero attached hydrogens (tertiary/aromatic N) is 5. The Morgan fingerprint density at radius 1 is 1.50 bits per heavy atom. The van der Waals surface area contributed by atoms with Gasteiger partial charge in [0.25, 0.3) is 0 Å². The molecule has 0 radical (unpaired) electrons. The molecule has 0 saturated carbocycles. The molecule has 9 heteroatoms. The Morgan fingerprint density at radius 3 is 2.85 bits per heavy atom. The van der Waals surface area contributed by atoms with Crippen LogP contribution in [0.4, 0.5) is 17.5 Å². The van der Waals surface area contributed by atoms with Crippen LogP contribution >= 0.6 is 0 Å². The van der Waals surface area contributed by atoms with E-state index in [2.05, 4.69) is 20.3 Å². The van der Waals surface area contributed by atoms with Gasteiger partial charge in [-0.15, -0.1) is 0 Å². The third-order valence-electron chi connectivity index (χ3n) is 2.82. The summed E-state index contributed by atoms with van der Waals surface area (Å²) < 4.78 is 1.88. The average Bonchev–Trinajstić information content (AvgIpc) is 2.73. The molecule has 0 fully saturated rings. The Bertz CT molecular complexity index is 638. The van der Waals surface area contributed by atoms with Crippen LogP contribution in [-0.4, -0.2) is 31.0 Å². The van der Waals surface area contributed by atoms with Crippen LogP contribution in [0.5, 0.6) is 0 Å². The Kier molecular flexibility index (Phi) is 3.78. The van der Waals surface area contributed by atoms with Gasteiger partial charge in [-0.25, -0.2) is 9.97 Å². The van der Waals surface area contributed by atoms with Crippen molar-refractivity contribution in [2.45, 2.75) is 13.3 Å². The third kappa shape index (κ3) is 2.82. The second-order valence-electron chi connectivity index (χ2n) is 4.25. The number of rotatable bonds is 5. The fourth-order valence-electron chi connectivity index (χ4n) is 1.86. The van der Waals surface area contributed by atoms with Crippen molar-refractivity contribution in [2.24, 2.45) is 7.05 Å². The summed E-state index contributed by atoms with van der Waals surface area (Å²) in [4.78, 5) is 22.4. The van der Waals surface area contributed by atoms with E-state index in [1.54, 1.807) is 6.20 Å². The largest absolute Gasteiger partial charge is 0.368 e. The number of anilines is 2. The van der Waals surface area contributed by atoms with Crippen molar-refractivity contribution < 1.29 is 4.92 Å². The maximum atomic E-state index is 11.0. The van der Waals surface area contributed by atoms with Gasteiger partial charge in [0.1, 0.15) is 11.5 Å². The lowest BCUT2D eigenvalue weighted by molar-refractivity contribution is -0.385. The first kappa shape index (κ1) is 13.7. The molecule has 0 aliphatic heterocycles. The van der Waals surface area contributed by atoms with Gasteiger partial charge in [-0.3, -0.25) is 10.1 Å². The molecule has 0 saturated heterocycles. The number of aryl methyl sites for hydroxylation is 2.